The Morgan fingerprint density at radius 1 is 1.29 bits per heavy atom. The number of hydrogen-bond acceptors (Lipinski definition) is 5. The van der Waals surface area contributed by atoms with E-state index in [4.69, 9.17) is 0 Å². The Morgan fingerprint density at radius 2 is 2.14 bits per heavy atom. The monoisotopic (exact) mass is 392 g/mol. The van der Waals surface area contributed by atoms with Gasteiger partial charge in [-0.25, -0.2) is 4.98 Å². The molecule has 1 aliphatic rings. The summed E-state index contributed by atoms with van der Waals surface area (Å²) in [5, 5.41) is 6.31. The summed E-state index contributed by atoms with van der Waals surface area (Å²) in [5.74, 6) is 0.133. The zero-order valence-electron chi connectivity index (χ0n) is 16.0. The first-order valence-electron chi connectivity index (χ1n) is 9.68. The van der Waals surface area contributed by atoms with E-state index in [1.807, 2.05) is 22.4 Å². The van der Waals surface area contributed by atoms with Crippen molar-refractivity contribution in [3.63, 3.8) is 0 Å². The summed E-state index contributed by atoms with van der Waals surface area (Å²) in [4.78, 5) is 23.9. The fourth-order valence-electron chi connectivity index (χ4n) is 3.54. The van der Waals surface area contributed by atoms with E-state index in [1.165, 1.54) is 11.1 Å². The molecular weight excluding hydrogens is 368 g/mol. The van der Waals surface area contributed by atoms with Crippen molar-refractivity contribution in [1.29, 1.82) is 0 Å². The quantitative estimate of drug-likeness (QED) is 0.722. The van der Waals surface area contributed by atoms with Gasteiger partial charge in [0.25, 0.3) is 0 Å². The normalized spacial score (nSPS) is 16.9. The molecule has 3 aromatic rings. The SMILES string of the molecule is CCc1ccc(C2CNCCN2C(=O)Cc2csc(-c3cccnc3)n2)cc1. The lowest BCUT2D eigenvalue weighted by molar-refractivity contribution is -0.133. The topological polar surface area (TPSA) is 58.1 Å². The molecule has 2 aromatic heterocycles. The summed E-state index contributed by atoms with van der Waals surface area (Å²) in [6, 6.07) is 12.6. The third-order valence-corrected chi connectivity index (χ3v) is 6.07. The predicted octanol–water partition coefficient (Wildman–Crippen LogP) is 3.48. The average Bonchev–Trinajstić information content (AvgIpc) is 3.23. The first-order valence-corrected chi connectivity index (χ1v) is 10.6. The van der Waals surface area contributed by atoms with E-state index in [0.717, 1.165) is 42.3 Å². The fourth-order valence-corrected chi connectivity index (χ4v) is 4.35. The number of nitrogens with zero attached hydrogens (tertiary/aromatic N) is 3. The van der Waals surface area contributed by atoms with Crippen molar-refractivity contribution in [1.82, 2.24) is 20.2 Å². The van der Waals surface area contributed by atoms with Crippen LogP contribution in [0.4, 0.5) is 0 Å². The summed E-state index contributed by atoms with van der Waals surface area (Å²) in [7, 11) is 0. The zero-order chi connectivity index (χ0) is 19.3. The molecule has 1 aromatic carbocycles. The molecule has 1 atom stereocenters. The van der Waals surface area contributed by atoms with Crippen molar-refractivity contribution in [3.8, 4) is 10.6 Å². The van der Waals surface area contributed by atoms with Crippen LogP contribution in [-0.4, -0.2) is 40.4 Å². The number of carbonyl (C=O) groups is 1. The van der Waals surface area contributed by atoms with Gasteiger partial charge in [0.2, 0.25) is 5.91 Å². The van der Waals surface area contributed by atoms with E-state index < -0.39 is 0 Å². The number of amides is 1. The van der Waals surface area contributed by atoms with Crippen LogP contribution in [0.1, 0.15) is 29.8 Å². The molecule has 0 saturated carbocycles. The lowest BCUT2D eigenvalue weighted by Gasteiger charge is -2.36. The van der Waals surface area contributed by atoms with Crippen molar-refractivity contribution in [2.75, 3.05) is 19.6 Å². The van der Waals surface area contributed by atoms with Gasteiger partial charge in [-0.2, -0.15) is 0 Å². The zero-order valence-corrected chi connectivity index (χ0v) is 16.8. The maximum atomic E-state index is 13.1. The van der Waals surface area contributed by atoms with Crippen LogP contribution in [0.25, 0.3) is 10.6 Å². The van der Waals surface area contributed by atoms with Gasteiger partial charge >= 0.3 is 0 Å². The highest BCUT2D eigenvalue weighted by molar-refractivity contribution is 7.13. The second-order valence-electron chi connectivity index (χ2n) is 6.96. The van der Waals surface area contributed by atoms with Crippen molar-refractivity contribution < 1.29 is 4.79 Å². The van der Waals surface area contributed by atoms with Crippen molar-refractivity contribution in [3.05, 3.63) is 71.0 Å². The van der Waals surface area contributed by atoms with Gasteiger partial charge in [-0.15, -0.1) is 11.3 Å². The Labute approximate surface area is 169 Å². The van der Waals surface area contributed by atoms with Gasteiger partial charge in [-0.1, -0.05) is 31.2 Å². The molecule has 1 aliphatic heterocycles. The molecule has 1 N–H and O–H groups in total. The van der Waals surface area contributed by atoms with Crippen LogP contribution in [0.2, 0.25) is 0 Å². The number of aromatic nitrogens is 2. The lowest BCUT2D eigenvalue weighted by Crippen LogP contribution is -2.49. The number of benzene rings is 1. The maximum Gasteiger partial charge on any atom is 0.229 e. The number of nitrogens with one attached hydrogen (secondary N) is 1. The predicted molar refractivity (Wildman–Crippen MR) is 112 cm³/mol. The van der Waals surface area contributed by atoms with Crippen LogP contribution in [0.5, 0.6) is 0 Å². The Morgan fingerprint density at radius 3 is 2.89 bits per heavy atom. The third-order valence-electron chi connectivity index (χ3n) is 5.13. The number of rotatable bonds is 5. The lowest BCUT2D eigenvalue weighted by atomic mass is 10.0. The molecule has 0 radical (unpaired) electrons. The van der Waals surface area contributed by atoms with Crippen LogP contribution in [0.3, 0.4) is 0 Å². The van der Waals surface area contributed by atoms with Gasteiger partial charge in [0.15, 0.2) is 0 Å². The first-order chi connectivity index (χ1) is 13.7. The molecule has 1 saturated heterocycles. The number of thiazole rings is 1. The summed E-state index contributed by atoms with van der Waals surface area (Å²) < 4.78 is 0. The summed E-state index contributed by atoms with van der Waals surface area (Å²) in [6.07, 6.45) is 4.91. The standard InChI is InChI=1S/C22H24N4OS/c1-2-16-5-7-17(8-6-16)20-14-24-10-11-26(20)21(27)12-19-15-28-22(25-19)18-4-3-9-23-13-18/h3-9,13,15,20,24H,2,10-12,14H2,1H3. The summed E-state index contributed by atoms with van der Waals surface area (Å²) in [5.41, 5.74) is 4.32. The highest BCUT2D eigenvalue weighted by Gasteiger charge is 2.28. The van der Waals surface area contributed by atoms with E-state index in [2.05, 4.69) is 46.5 Å². The summed E-state index contributed by atoms with van der Waals surface area (Å²) >= 11 is 1.56. The van der Waals surface area contributed by atoms with E-state index in [1.54, 1.807) is 23.7 Å². The molecule has 28 heavy (non-hydrogen) atoms. The minimum Gasteiger partial charge on any atom is -0.333 e. The van der Waals surface area contributed by atoms with Gasteiger partial charge in [0.05, 0.1) is 18.2 Å². The largest absolute Gasteiger partial charge is 0.333 e. The molecule has 1 amide bonds. The molecule has 0 bridgehead atoms. The smallest absolute Gasteiger partial charge is 0.229 e. The number of carbonyl (C=O) groups excluding carboxylic acids is 1. The molecular formula is C22H24N4OS. The number of piperazine rings is 1. The Bertz CT molecular complexity index is 923. The van der Waals surface area contributed by atoms with Gasteiger partial charge in [-0.3, -0.25) is 9.78 Å². The van der Waals surface area contributed by atoms with E-state index in [-0.39, 0.29) is 11.9 Å². The maximum absolute atomic E-state index is 13.1. The number of hydrogen-bond donors (Lipinski definition) is 1. The van der Waals surface area contributed by atoms with Crippen molar-refractivity contribution in [2.45, 2.75) is 25.8 Å². The highest BCUT2D eigenvalue weighted by Crippen LogP contribution is 2.26. The van der Waals surface area contributed by atoms with Crippen LogP contribution in [-0.2, 0) is 17.6 Å². The molecule has 1 unspecified atom stereocenters. The third kappa shape index (κ3) is 4.13. The van der Waals surface area contributed by atoms with E-state index in [9.17, 15) is 4.79 Å². The molecule has 5 nitrogen and oxygen atoms in total. The van der Waals surface area contributed by atoms with Crippen molar-refractivity contribution >= 4 is 17.2 Å². The van der Waals surface area contributed by atoms with Gasteiger partial charge < -0.3 is 10.2 Å². The molecule has 144 valence electrons. The Kier molecular flexibility index (Phi) is 5.78. The Hall–Kier alpha value is -2.57. The molecule has 3 heterocycles. The highest BCUT2D eigenvalue weighted by atomic mass is 32.1. The Balaban J connectivity index is 1.48. The van der Waals surface area contributed by atoms with Crippen LogP contribution in [0, 0.1) is 0 Å². The van der Waals surface area contributed by atoms with Crippen LogP contribution >= 0.6 is 11.3 Å². The van der Waals surface area contributed by atoms with Gasteiger partial charge in [0, 0.05) is 43.0 Å². The average molecular weight is 393 g/mol. The number of aryl methyl sites for hydroxylation is 1. The summed E-state index contributed by atoms with van der Waals surface area (Å²) in [6.45, 7) is 4.49. The van der Waals surface area contributed by atoms with E-state index >= 15 is 0 Å². The second kappa shape index (κ2) is 8.63. The first kappa shape index (κ1) is 18.8. The van der Waals surface area contributed by atoms with Crippen molar-refractivity contribution in [2.24, 2.45) is 0 Å². The van der Waals surface area contributed by atoms with E-state index in [0.29, 0.717) is 6.42 Å². The molecule has 1 fully saturated rings. The van der Waals surface area contributed by atoms with Gasteiger partial charge in [0.1, 0.15) is 5.01 Å². The minimum atomic E-state index is 0.0728. The fraction of sp³-hybridized carbons (Fsp3) is 0.318. The molecule has 6 heteroatoms. The molecule has 0 aliphatic carbocycles. The molecule has 0 spiro atoms. The minimum absolute atomic E-state index is 0.0728. The van der Waals surface area contributed by atoms with Crippen LogP contribution < -0.4 is 5.32 Å². The van der Waals surface area contributed by atoms with Crippen LogP contribution in [0.15, 0.2) is 54.2 Å². The van der Waals surface area contributed by atoms with Gasteiger partial charge in [-0.05, 0) is 29.7 Å². The molecule has 4 rings (SSSR count). The number of pyridine rings is 1. The second-order valence-corrected chi connectivity index (χ2v) is 7.82.